The molecule has 3 rings (SSSR count). The van der Waals surface area contributed by atoms with Crippen molar-refractivity contribution in [3.05, 3.63) is 76.4 Å². The van der Waals surface area contributed by atoms with E-state index in [0.717, 1.165) is 0 Å². The Balaban J connectivity index is 1.63. The highest BCUT2D eigenvalue weighted by Crippen LogP contribution is 2.24. The minimum atomic E-state index is -0.383. The molecule has 0 aliphatic rings. The smallest absolute Gasteiger partial charge is 0.251 e. The second-order valence-electron chi connectivity index (χ2n) is 5.51. The van der Waals surface area contributed by atoms with Crippen LogP contribution < -0.4 is 5.32 Å². The number of hydrogen-bond acceptors (Lipinski definition) is 3. The third-order valence-electron chi connectivity index (χ3n) is 3.75. The fraction of sp³-hybridized carbons (Fsp3) is 0.158. The highest BCUT2D eigenvalue weighted by Gasteiger charge is 2.14. The molecule has 128 valence electrons. The number of carbonyl (C=O) groups is 1. The minimum absolute atomic E-state index is 0.188. The predicted octanol–water partition coefficient (Wildman–Crippen LogP) is 4.42. The lowest BCUT2D eigenvalue weighted by molar-refractivity contribution is 0.0954. The summed E-state index contributed by atoms with van der Waals surface area (Å²) in [6.07, 6.45) is 0.489. The second kappa shape index (κ2) is 7.49. The monoisotopic (exact) mass is 358 g/mol. The number of oxazole rings is 1. The van der Waals surface area contributed by atoms with Crippen molar-refractivity contribution in [2.24, 2.45) is 0 Å². The Kier molecular flexibility index (Phi) is 5.14. The van der Waals surface area contributed by atoms with Gasteiger partial charge in [0.25, 0.3) is 5.91 Å². The predicted molar refractivity (Wildman–Crippen MR) is 94.1 cm³/mol. The largest absolute Gasteiger partial charge is 0.441 e. The molecule has 1 heterocycles. The van der Waals surface area contributed by atoms with Gasteiger partial charge in [0.05, 0.1) is 11.3 Å². The number of nitrogens with one attached hydrogen (secondary N) is 1. The first-order valence-corrected chi connectivity index (χ1v) is 8.17. The number of hydrogen-bond donors (Lipinski definition) is 1. The average molecular weight is 359 g/mol. The van der Waals surface area contributed by atoms with Gasteiger partial charge in [-0.25, -0.2) is 9.37 Å². The summed E-state index contributed by atoms with van der Waals surface area (Å²) in [5.74, 6) is 0.284. The van der Waals surface area contributed by atoms with Gasteiger partial charge in [-0.3, -0.25) is 4.79 Å². The quantitative estimate of drug-likeness (QED) is 0.734. The maximum Gasteiger partial charge on any atom is 0.251 e. The SMILES string of the molecule is Cc1oc(-c2ccccc2F)nc1CCNC(=O)c1ccc(Cl)cc1. The van der Waals surface area contributed by atoms with Crippen LogP contribution in [0.1, 0.15) is 21.8 Å². The topological polar surface area (TPSA) is 55.1 Å². The van der Waals surface area contributed by atoms with Crippen LogP contribution >= 0.6 is 11.6 Å². The van der Waals surface area contributed by atoms with Crippen molar-refractivity contribution < 1.29 is 13.6 Å². The van der Waals surface area contributed by atoms with Gasteiger partial charge in [-0.15, -0.1) is 0 Å². The third kappa shape index (κ3) is 4.06. The number of amides is 1. The number of benzene rings is 2. The van der Waals surface area contributed by atoms with Crippen molar-refractivity contribution in [2.45, 2.75) is 13.3 Å². The summed E-state index contributed by atoms with van der Waals surface area (Å²) in [6.45, 7) is 2.17. The number of rotatable bonds is 5. The molecule has 3 aromatic rings. The Bertz CT molecular complexity index is 891. The van der Waals surface area contributed by atoms with E-state index in [-0.39, 0.29) is 17.6 Å². The molecule has 1 aromatic heterocycles. The van der Waals surface area contributed by atoms with Gasteiger partial charge in [-0.1, -0.05) is 23.7 Å². The molecule has 0 saturated heterocycles. The van der Waals surface area contributed by atoms with E-state index in [1.54, 1.807) is 49.4 Å². The lowest BCUT2D eigenvalue weighted by Crippen LogP contribution is -2.25. The summed E-state index contributed by atoms with van der Waals surface area (Å²) >= 11 is 5.81. The molecule has 0 spiro atoms. The van der Waals surface area contributed by atoms with Crippen LogP contribution in [-0.2, 0) is 6.42 Å². The summed E-state index contributed by atoms with van der Waals surface area (Å²) in [5.41, 5.74) is 1.55. The van der Waals surface area contributed by atoms with Crippen molar-refractivity contribution in [3.63, 3.8) is 0 Å². The maximum absolute atomic E-state index is 13.8. The molecule has 0 radical (unpaired) electrons. The van der Waals surface area contributed by atoms with Crippen LogP contribution in [0.25, 0.3) is 11.5 Å². The zero-order valence-electron chi connectivity index (χ0n) is 13.6. The van der Waals surface area contributed by atoms with Crippen molar-refractivity contribution in [1.82, 2.24) is 10.3 Å². The van der Waals surface area contributed by atoms with E-state index >= 15 is 0 Å². The summed E-state index contributed by atoms with van der Waals surface area (Å²) in [6, 6.07) is 13.0. The van der Waals surface area contributed by atoms with E-state index < -0.39 is 0 Å². The second-order valence-corrected chi connectivity index (χ2v) is 5.95. The van der Waals surface area contributed by atoms with E-state index in [4.69, 9.17) is 16.0 Å². The minimum Gasteiger partial charge on any atom is -0.441 e. The number of aromatic nitrogens is 1. The van der Waals surface area contributed by atoms with Gasteiger partial charge in [0.15, 0.2) is 0 Å². The zero-order chi connectivity index (χ0) is 17.8. The van der Waals surface area contributed by atoms with Gasteiger partial charge in [-0.05, 0) is 43.3 Å². The Hall–Kier alpha value is -2.66. The average Bonchev–Trinajstić information content (AvgIpc) is 2.96. The Morgan fingerprint density at radius 2 is 1.92 bits per heavy atom. The van der Waals surface area contributed by atoms with Gasteiger partial charge >= 0.3 is 0 Å². The Morgan fingerprint density at radius 3 is 2.64 bits per heavy atom. The van der Waals surface area contributed by atoms with Crippen LogP contribution in [-0.4, -0.2) is 17.4 Å². The van der Waals surface area contributed by atoms with Crippen LogP contribution in [0.5, 0.6) is 0 Å². The van der Waals surface area contributed by atoms with Crippen molar-refractivity contribution in [2.75, 3.05) is 6.54 Å². The Labute approximate surface area is 149 Å². The van der Waals surface area contributed by atoms with E-state index in [1.165, 1.54) is 6.07 Å². The molecule has 1 amide bonds. The van der Waals surface area contributed by atoms with Gasteiger partial charge < -0.3 is 9.73 Å². The van der Waals surface area contributed by atoms with E-state index in [0.29, 0.717) is 40.6 Å². The zero-order valence-corrected chi connectivity index (χ0v) is 14.3. The molecule has 0 bridgehead atoms. The first kappa shape index (κ1) is 17.2. The van der Waals surface area contributed by atoms with Gasteiger partial charge in [0, 0.05) is 23.6 Å². The van der Waals surface area contributed by atoms with Gasteiger partial charge in [-0.2, -0.15) is 0 Å². The first-order valence-electron chi connectivity index (χ1n) is 7.79. The summed E-state index contributed by atoms with van der Waals surface area (Å²) < 4.78 is 19.4. The standard InChI is InChI=1S/C19H16ClFN2O2/c1-12-17(23-19(25-12)15-4-2-3-5-16(15)21)10-11-22-18(24)13-6-8-14(20)9-7-13/h2-9H,10-11H2,1H3,(H,22,24). The lowest BCUT2D eigenvalue weighted by Gasteiger charge is -2.04. The Morgan fingerprint density at radius 1 is 1.20 bits per heavy atom. The lowest BCUT2D eigenvalue weighted by atomic mass is 10.2. The molecular weight excluding hydrogens is 343 g/mol. The molecule has 0 aliphatic heterocycles. The molecule has 0 atom stereocenters. The number of aryl methyl sites for hydroxylation is 1. The first-order chi connectivity index (χ1) is 12.0. The molecule has 25 heavy (non-hydrogen) atoms. The van der Waals surface area contributed by atoms with Crippen LogP contribution in [0.4, 0.5) is 4.39 Å². The molecule has 0 saturated carbocycles. The van der Waals surface area contributed by atoms with Crippen molar-refractivity contribution >= 4 is 17.5 Å². The fourth-order valence-corrected chi connectivity index (χ4v) is 2.53. The normalized spacial score (nSPS) is 10.7. The molecule has 0 aliphatic carbocycles. The molecule has 1 N–H and O–H groups in total. The summed E-state index contributed by atoms with van der Waals surface area (Å²) in [7, 11) is 0. The highest BCUT2D eigenvalue weighted by atomic mass is 35.5. The number of carbonyl (C=O) groups excluding carboxylic acids is 1. The van der Waals surface area contributed by atoms with E-state index in [2.05, 4.69) is 10.3 Å². The fourth-order valence-electron chi connectivity index (χ4n) is 2.41. The highest BCUT2D eigenvalue weighted by molar-refractivity contribution is 6.30. The van der Waals surface area contributed by atoms with E-state index in [1.807, 2.05) is 0 Å². The number of halogens is 2. The van der Waals surface area contributed by atoms with Crippen molar-refractivity contribution in [1.29, 1.82) is 0 Å². The van der Waals surface area contributed by atoms with Crippen LogP contribution in [0.2, 0.25) is 5.02 Å². The maximum atomic E-state index is 13.8. The molecule has 2 aromatic carbocycles. The van der Waals surface area contributed by atoms with Gasteiger partial charge in [0.2, 0.25) is 5.89 Å². The van der Waals surface area contributed by atoms with Crippen LogP contribution in [0, 0.1) is 12.7 Å². The van der Waals surface area contributed by atoms with Crippen LogP contribution in [0.15, 0.2) is 52.9 Å². The van der Waals surface area contributed by atoms with E-state index in [9.17, 15) is 9.18 Å². The summed E-state index contributed by atoms with van der Waals surface area (Å²) in [5, 5.41) is 3.40. The molecule has 0 fully saturated rings. The van der Waals surface area contributed by atoms with Crippen LogP contribution in [0.3, 0.4) is 0 Å². The summed E-state index contributed by atoms with van der Waals surface area (Å²) in [4.78, 5) is 16.4. The van der Waals surface area contributed by atoms with Gasteiger partial charge in [0.1, 0.15) is 11.6 Å². The number of nitrogens with zero attached hydrogens (tertiary/aromatic N) is 1. The molecule has 6 heteroatoms. The van der Waals surface area contributed by atoms with Crippen molar-refractivity contribution in [3.8, 4) is 11.5 Å². The third-order valence-corrected chi connectivity index (χ3v) is 4.00. The molecular formula is C19H16ClFN2O2. The molecule has 0 unspecified atom stereocenters. The molecule has 4 nitrogen and oxygen atoms in total.